The Kier molecular flexibility index (Phi) is 7.09. The molecule has 2 rings (SSSR count). The van der Waals surface area contributed by atoms with Gasteiger partial charge in [0, 0.05) is 6.07 Å². The smallest absolute Gasteiger partial charge is 0.269 e. The van der Waals surface area contributed by atoms with Crippen LogP contribution in [-0.4, -0.2) is 23.0 Å². The molecule has 2 aromatic carbocycles. The van der Waals surface area contributed by atoms with Crippen LogP contribution < -0.4 is 15.4 Å². The highest BCUT2D eigenvalue weighted by molar-refractivity contribution is 6.09. The number of halogens is 2. The molecule has 0 saturated carbocycles. The van der Waals surface area contributed by atoms with Crippen molar-refractivity contribution >= 4 is 23.2 Å². The van der Waals surface area contributed by atoms with Crippen LogP contribution in [0.2, 0.25) is 0 Å². The maximum absolute atomic E-state index is 14.6. The Morgan fingerprint density at radius 3 is 2.33 bits per heavy atom. The zero-order chi connectivity index (χ0) is 22.4. The van der Waals surface area contributed by atoms with E-state index in [9.17, 15) is 23.5 Å². The molecule has 0 bridgehead atoms. The number of hydrogen-bond donors (Lipinski definition) is 3. The van der Waals surface area contributed by atoms with Crippen LogP contribution in [0.4, 0.5) is 20.2 Å². The maximum atomic E-state index is 14.6. The topological polar surface area (TPSA) is 111 Å². The van der Waals surface area contributed by atoms with Gasteiger partial charge in [-0.15, -0.1) is 0 Å². The van der Waals surface area contributed by atoms with E-state index in [-0.39, 0.29) is 22.7 Å². The molecule has 0 aliphatic heterocycles. The number of hydrogen-bond acceptors (Lipinski definition) is 5. The second-order valence-corrected chi connectivity index (χ2v) is 6.46. The Morgan fingerprint density at radius 1 is 1.10 bits per heavy atom. The first-order chi connectivity index (χ1) is 14.1. The Morgan fingerprint density at radius 2 is 1.77 bits per heavy atom. The highest BCUT2D eigenvalue weighted by atomic mass is 19.1. The largest absolute Gasteiger partial charge is 0.511 e. The van der Waals surface area contributed by atoms with Crippen molar-refractivity contribution in [3.8, 4) is 11.8 Å². The van der Waals surface area contributed by atoms with Crippen molar-refractivity contribution in [3.05, 3.63) is 64.9 Å². The second kappa shape index (κ2) is 9.52. The molecule has 30 heavy (non-hydrogen) atoms. The van der Waals surface area contributed by atoms with Gasteiger partial charge in [-0.25, -0.2) is 8.78 Å². The number of anilines is 2. The van der Waals surface area contributed by atoms with Gasteiger partial charge in [-0.05, 0) is 39.0 Å². The number of nitrogens with one attached hydrogen (secondary N) is 2. The molecule has 0 radical (unpaired) electrons. The summed E-state index contributed by atoms with van der Waals surface area (Å²) in [4.78, 5) is 24.7. The first kappa shape index (κ1) is 22.4. The highest BCUT2D eigenvalue weighted by Crippen LogP contribution is 2.29. The maximum Gasteiger partial charge on any atom is 0.269 e. The van der Waals surface area contributed by atoms with Crippen molar-refractivity contribution in [2.75, 3.05) is 10.6 Å². The minimum absolute atomic E-state index is 0.0706. The molecule has 0 aliphatic carbocycles. The lowest BCUT2D eigenvalue weighted by Crippen LogP contribution is -2.19. The van der Waals surface area contributed by atoms with Crippen LogP contribution in [0, 0.1) is 23.0 Å². The molecular formula is C21H19F2N3O4. The molecule has 7 nitrogen and oxygen atoms in total. The van der Waals surface area contributed by atoms with Crippen LogP contribution in [-0.2, 0) is 4.79 Å². The predicted molar refractivity (Wildman–Crippen MR) is 106 cm³/mol. The van der Waals surface area contributed by atoms with Crippen molar-refractivity contribution in [2.24, 2.45) is 0 Å². The molecule has 2 aromatic rings. The number of carbonyl (C=O) groups is 2. The molecule has 0 fully saturated rings. The predicted octanol–water partition coefficient (Wildman–Crippen LogP) is 4.30. The summed E-state index contributed by atoms with van der Waals surface area (Å²) in [6, 6.07) is 8.88. The molecule has 9 heteroatoms. The number of ether oxygens (including phenoxy) is 1. The normalized spacial score (nSPS) is 11.4. The number of allylic oxidation sites excluding steroid dienone is 1. The third-order valence-electron chi connectivity index (χ3n) is 3.75. The number of nitriles is 1. The summed E-state index contributed by atoms with van der Waals surface area (Å²) in [6.45, 7) is 4.48. The molecule has 156 valence electrons. The highest BCUT2D eigenvalue weighted by Gasteiger charge is 2.21. The van der Waals surface area contributed by atoms with Crippen molar-refractivity contribution in [1.82, 2.24) is 0 Å². The summed E-state index contributed by atoms with van der Waals surface area (Å²) >= 11 is 0. The van der Waals surface area contributed by atoms with Gasteiger partial charge in [-0.3, -0.25) is 9.59 Å². The number of rotatable bonds is 6. The Bertz CT molecular complexity index is 1050. The Labute approximate surface area is 171 Å². The minimum atomic E-state index is -1.03. The molecule has 0 aliphatic rings. The van der Waals surface area contributed by atoms with Crippen LogP contribution in [0.5, 0.6) is 5.75 Å². The fourth-order valence-corrected chi connectivity index (χ4v) is 2.41. The van der Waals surface area contributed by atoms with Gasteiger partial charge >= 0.3 is 0 Å². The second-order valence-electron chi connectivity index (χ2n) is 6.46. The van der Waals surface area contributed by atoms with Crippen molar-refractivity contribution in [3.63, 3.8) is 0 Å². The lowest BCUT2D eigenvalue weighted by molar-refractivity contribution is -0.112. The van der Waals surface area contributed by atoms with Gasteiger partial charge in [0.2, 0.25) is 0 Å². The molecule has 0 unspecified atom stereocenters. The van der Waals surface area contributed by atoms with Gasteiger partial charge in [-0.2, -0.15) is 5.26 Å². The number of nitrogens with zero attached hydrogens (tertiary/aromatic N) is 1. The third kappa shape index (κ3) is 5.32. The summed E-state index contributed by atoms with van der Waals surface area (Å²) in [5.74, 6) is -4.12. The van der Waals surface area contributed by atoms with Gasteiger partial charge in [0.25, 0.3) is 11.8 Å². The van der Waals surface area contributed by atoms with E-state index in [4.69, 9.17) is 10.00 Å². The summed E-state index contributed by atoms with van der Waals surface area (Å²) < 4.78 is 34.0. The van der Waals surface area contributed by atoms with Crippen molar-refractivity contribution in [2.45, 2.75) is 26.9 Å². The van der Waals surface area contributed by atoms with E-state index in [1.807, 2.05) is 0 Å². The molecular weight excluding hydrogens is 396 g/mol. The first-order valence-electron chi connectivity index (χ1n) is 8.81. The van der Waals surface area contributed by atoms with Crippen molar-refractivity contribution < 1.29 is 28.2 Å². The number of amides is 2. The van der Waals surface area contributed by atoms with Crippen LogP contribution >= 0.6 is 0 Å². The SMILES string of the molecule is C/C(O)=C(\C#N)C(=O)Nc1cc(OC(C)C)c(C(=O)Nc2ccccc2F)cc1F. The van der Waals surface area contributed by atoms with E-state index in [2.05, 4.69) is 10.6 Å². The summed E-state index contributed by atoms with van der Waals surface area (Å²) in [5.41, 5.74) is -1.29. The molecule has 0 heterocycles. The monoisotopic (exact) mass is 415 g/mol. The Balaban J connectivity index is 2.42. The average Bonchev–Trinajstić information content (AvgIpc) is 2.65. The molecule has 2 amide bonds. The minimum Gasteiger partial charge on any atom is -0.511 e. The van der Waals surface area contributed by atoms with Gasteiger partial charge in [-0.1, -0.05) is 12.1 Å². The van der Waals surface area contributed by atoms with E-state index in [1.165, 1.54) is 24.3 Å². The standard InChI is InChI=1S/C21H19F2N3O4/c1-11(2)30-19-9-18(26-21(29)14(10-24)12(3)27)16(23)8-13(19)20(28)25-17-7-5-4-6-15(17)22/h4-9,11,27H,1-3H3,(H,25,28)(H,26,29)/b14-12-. The average molecular weight is 415 g/mol. The van der Waals surface area contributed by atoms with Crippen LogP contribution in [0.1, 0.15) is 31.1 Å². The zero-order valence-corrected chi connectivity index (χ0v) is 16.4. The van der Waals surface area contributed by atoms with Crippen LogP contribution in [0.15, 0.2) is 47.7 Å². The van der Waals surface area contributed by atoms with Gasteiger partial charge in [0.05, 0.1) is 23.0 Å². The van der Waals surface area contributed by atoms with E-state index < -0.39 is 40.9 Å². The van der Waals surface area contributed by atoms with Crippen LogP contribution in [0.25, 0.3) is 0 Å². The zero-order valence-electron chi connectivity index (χ0n) is 16.4. The van der Waals surface area contributed by atoms with E-state index in [0.717, 1.165) is 25.1 Å². The number of benzene rings is 2. The van der Waals surface area contributed by atoms with Gasteiger partial charge < -0.3 is 20.5 Å². The summed E-state index contributed by atoms with van der Waals surface area (Å²) in [7, 11) is 0. The quantitative estimate of drug-likeness (QED) is 0.370. The molecule has 3 N–H and O–H groups in total. The van der Waals surface area contributed by atoms with Gasteiger partial charge in [0.1, 0.15) is 29.2 Å². The summed E-state index contributed by atoms with van der Waals surface area (Å²) in [6.07, 6.45) is -0.409. The third-order valence-corrected chi connectivity index (χ3v) is 3.75. The van der Waals surface area contributed by atoms with E-state index in [0.29, 0.717) is 0 Å². The number of aliphatic hydroxyl groups is 1. The van der Waals surface area contributed by atoms with E-state index in [1.54, 1.807) is 13.8 Å². The molecule has 0 spiro atoms. The number of para-hydroxylation sites is 1. The van der Waals surface area contributed by atoms with Gasteiger partial charge in [0.15, 0.2) is 5.57 Å². The van der Waals surface area contributed by atoms with E-state index >= 15 is 0 Å². The number of aliphatic hydroxyl groups excluding tert-OH is 1. The van der Waals surface area contributed by atoms with Crippen molar-refractivity contribution in [1.29, 1.82) is 5.26 Å². The Hall–Kier alpha value is -3.93. The molecule has 0 saturated heterocycles. The number of carbonyl (C=O) groups excluding carboxylic acids is 2. The lowest BCUT2D eigenvalue weighted by Gasteiger charge is -2.17. The lowest BCUT2D eigenvalue weighted by atomic mass is 10.1. The fraction of sp³-hybridized carbons (Fsp3) is 0.190. The van der Waals surface area contributed by atoms with Crippen LogP contribution in [0.3, 0.4) is 0 Å². The summed E-state index contributed by atoms with van der Waals surface area (Å²) in [5, 5.41) is 22.8. The first-order valence-corrected chi connectivity index (χ1v) is 8.81. The molecule has 0 atom stereocenters. The molecule has 0 aromatic heterocycles. The fourth-order valence-electron chi connectivity index (χ4n) is 2.41.